The lowest BCUT2D eigenvalue weighted by Crippen LogP contribution is -2.12. The first-order valence-corrected chi connectivity index (χ1v) is 6.54. The van der Waals surface area contributed by atoms with Crippen LogP contribution in [0.4, 0.5) is 10.1 Å². The number of anilines is 1. The van der Waals surface area contributed by atoms with Crippen molar-refractivity contribution >= 4 is 45.8 Å². The zero-order valence-corrected chi connectivity index (χ0v) is 12.0. The maximum atomic E-state index is 13.0. The number of nitrogens with one attached hydrogen (secondary N) is 1. The van der Waals surface area contributed by atoms with Gasteiger partial charge < -0.3 is 5.32 Å². The number of halogens is 3. The van der Waals surface area contributed by atoms with Crippen LogP contribution in [-0.4, -0.2) is 5.91 Å². The summed E-state index contributed by atoms with van der Waals surface area (Å²) in [7, 11) is 0. The summed E-state index contributed by atoms with van der Waals surface area (Å²) < 4.78 is 13.8. The molecule has 92 valence electrons. The average Bonchev–Trinajstić information content (AvgIpc) is 2.32. The molecule has 0 aliphatic heterocycles. The van der Waals surface area contributed by atoms with Gasteiger partial charge in [0.2, 0.25) is 0 Å². The molecule has 2 rings (SSSR count). The number of carbonyl (C=O) groups is 1. The monoisotopic (exact) mass is 375 g/mol. The molecule has 5 heteroatoms. The van der Waals surface area contributed by atoms with Crippen molar-refractivity contribution in [3.63, 3.8) is 0 Å². The Morgan fingerprint density at radius 3 is 2.67 bits per heavy atom. The molecule has 0 atom stereocenters. The summed E-state index contributed by atoms with van der Waals surface area (Å²) >= 11 is 7.90. The number of rotatable bonds is 2. The number of carbonyl (C=O) groups excluding carboxylic acids is 1. The Labute approximate surface area is 122 Å². The van der Waals surface area contributed by atoms with Crippen LogP contribution in [0.15, 0.2) is 42.5 Å². The van der Waals surface area contributed by atoms with Crippen LogP contribution in [-0.2, 0) is 0 Å². The van der Waals surface area contributed by atoms with Gasteiger partial charge in [0.25, 0.3) is 5.91 Å². The van der Waals surface area contributed by atoms with Gasteiger partial charge in [-0.1, -0.05) is 17.7 Å². The SMILES string of the molecule is O=C(Nc1ccc(Cl)cc1I)c1cccc(F)c1. The second-order valence-electron chi connectivity index (χ2n) is 3.59. The minimum Gasteiger partial charge on any atom is -0.321 e. The molecular weight excluding hydrogens is 368 g/mol. The minimum atomic E-state index is -0.437. The van der Waals surface area contributed by atoms with Gasteiger partial charge in [-0.15, -0.1) is 0 Å². The first-order valence-electron chi connectivity index (χ1n) is 5.08. The summed E-state index contributed by atoms with van der Waals surface area (Å²) in [5.74, 6) is -0.789. The lowest BCUT2D eigenvalue weighted by atomic mass is 10.2. The quantitative estimate of drug-likeness (QED) is 0.778. The van der Waals surface area contributed by atoms with E-state index in [0.29, 0.717) is 10.7 Å². The summed E-state index contributed by atoms with van der Waals surface area (Å²) in [5, 5.41) is 3.31. The molecule has 1 amide bonds. The molecule has 0 aliphatic rings. The highest BCUT2D eigenvalue weighted by Crippen LogP contribution is 2.22. The molecule has 0 bridgehead atoms. The van der Waals surface area contributed by atoms with E-state index in [4.69, 9.17) is 11.6 Å². The zero-order valence-electron chi connectivity index (χ0n) is 9.08. The summed E-state index contributed by atoms with van der Waals surface area (Å²) in [6, 6.07) is 10.7. The van der Waals surface area contributed by atoms with E-state index in [1.807, 2.05) is 0 Å². The maximum absolute atomic E-state index is 13.0. The molecule has 1 N–H and O–H groups in total. The molecule has 0 aromatic heterocycles. The van der Waals surface area contributed by atoms with Gasteiger partial charge in [0.15, 0.2) is 0 Å². The van der Waals surface area contributed by atoms with Crippen molar-refractivity contribution in [3.05, 3.63) is 62.4 Å². The minimum absolute atomic E-state index is 0.278. The van der Waals surface area contributed by atoms with Gasteiger partial charge >= 0.3 is 0 Å². The second kappa shape index (κ2) is 5.67. The fourth-order valence-electron chi connectivity index (χ4n) is 1.42. The van der Waals surface area contributed by atoms with Crippen LogP contribution in [0.25, 0.3) is 0 Å². The Bertz CT molecular complexity index is 603. The maximum Gasteiger partial charge on any atom is 0.255 e. The molecule has 0 spiro atoms. The molecule has 2 aromatic carbocycles. The van der Waals surface area contributed by atoms with Crippen molar-refractivity contribution in [3.8, 4) is 0 Å². The first-order chi connectivity index (χ1) is 8.56. The van der Waals surface area contributed by atoms with Gasteiger partial charge in [0.05, 0.1) is 5.69 Å². The predicted octanol–water partition coefficient (Wildman–Crippen LogP) is 4.34. The van der Waals surface area contributed by atoms with Crippen molar-refractivity contribution in [2.45, 2.75) is 0 Å². The van der Waals surface area contributed by atoms with Crippen molar-refractivity contribution in [1.82, 2.24) is 0 Å². The molecule has 18 heavy (non-hydrogen) atoms. The third-order valence-corrected chi connectivity index (χ3v) is 3.39. The largest absolute Gasteiger partial charge is 0.321 e. The standard InChI is InChI=1S/C13H8ClFINO/c14-9-4-5-12(11(16)7-9)17-13(18)8-2-1-3-10(15)6-8/h1-7H,(H,17,18). The van der Waals surface area contributed by atoms with Gasteiger partial charge in [0, 0.05) is 14.2 Å². The van der Waals surface area contributed by atoms with Gasteiger partial charge in [-0.2, -0.15) is 0 Å². The number of benzene rings is 2. The molecule has 0 saturated carbocycles. The third kappa shape index (κ3) is 3.20. The van der Waals surface area contributed by atoms with Crippen LogP contribution < -0.4 is 5.32 Å². The lowest BCUT2D eigenvalue weighted by molar-refractivity contribution is 0.102. The lowest BCUT2D eigenvalue weighted by Gasteiger charge is -2.07. The van der Waals surface area contributed by atoms with E-state index in [2.05, 4.69) is 27.9 Å². The zero-order chi connectivity index (χ0) is 13.1. The van der Waals surface area contributed by atoms with E-state index in [-0.39, 0.29) is 11.5 Å². The highest BCUT2D eigenvalue weighted by molar-refractivity contribution is 14.1. The Hall–Kier alpha value is -1.14. The molecule has 0 heterocycles. The molecule has 2 nitrogen and oxygen atoms in total. The van der Waals surface area contributed by atoms with Crippen LogP contribution in [0.2, 0.25) is 5.02 Å². The van der Waals surface area contributed by atoms with Gasteiger partial charge in [-0.05, 0) is 59.0 Å². The Kier molecular flexibility index (Phi) is 4.19. The number of hydrogen-bond acceptors (Lipinski definition) is 1. The van der Waals surface area contributed by atoms with Crippen LogP contribution >= 0.6 is 34.2 Å². The van der Waals surface area contributed by atoms with Gasteiger partial charge in [0.1, 0.15) is 5.82 Å². The fourth-order valence-corrected chi connectivity index (χ4v) is 2.42. The molecular formula is C13H8ClFINO. The van der Waals surface area contributed by atoms with E-state index >= 15 is 0 Å². The average molecular weight is 376 g/mol. The van der Waals surface area contributed by atoms with E-state index in [9.17, 15) is 9.18 Å². The Morgan fingerprint density at radius 2 is 2.00 bits per heavy atom. The summed E-state index contributed by atoms with van der Waals surface area (Å²) in [6.45, 7) is 0. The summed E-state index contributed by atoms with van der Waals surface area (Å²) in [4.78, 5) is 11.9. The second-order valence-corrected chi connectivity index (χ2v) is 5.19. The third-order valence-electron chi connectivity index (χ3n) is 2.27. The first kappa shape index (κ1) is 13.3. The predicted molar refractivity (Wildman–Crippen MR) is 78.5 cm³/mol. The normalized spacial score (nSPS) is 10.2. The van der Waals surface area contributed by atoms with Crippen molar-refractivity contribution < 1.29 is 9.18 Å². The van der Waals surface area contributed by atoms with E-state index in [1.165, 1.54) is 18.2 Å². The van der Waals surface area contributed by atoms with Gasteiger partial charge in [-0.3, -0.25) is 4.79 Å². The molecule has 2 aromatic rings. The van der Waals surface area contributed by atoms with E-state index < -0.39 is 5.82 Å². The van der Waals surface area contributed by atoms with Crippen molar-refractivity contribution in [2.24, 2.45) is 0 Å². The van der Waals surface area contributed by atoms with E-state index in [0.717, 1.165) is 3.57 Å². The Balaban J connectivity index is 2.21. The Morgan fingerprint density at radius 1 is 1.22 bits per heavy atom. The molecule has 0 radical (unpaired) electrons. The van der Waals surface area contributed by atoms with E-state index in [1.54, 1.807) is 24.3 Å². The topological polar surface area (TPSA) is 29.1 Å². The molecule has 0 saturated heterocycles. The van der Waals surface area contributed by atoms with Crippen LogP contribution in [0, 0.1) is 9.39 Å². The smallest absolute Gasteiger partial charge is 0.255 e. The van der Waals surface area contributed by atoms with Crippen molar-refractivity contribution in [1.29, 1.82) is 0 Å². The summed E-state index contributed by atoms with van der Waals surface area (Å²) in [6.07, 6.45) is 0. The number of amides is 1. The van der Waals surface area contributed by atoms with Crippen LogP contribution in [0.1, 0.15) is 10.4 Å². The van der Waals surface area contributed by atoms with Gasteiger partial charge in [-0.25, -0.2) is 4.39 Å². The van der Waals surface area contributed by atoms with Crippen molar-refractivity contribution in [2.75, 3.05) is 5.32 Å². The fraction of sp³-hybridized carbons (Fsp3) is 0. The highest BCUT2D eigenvalue weighted by Gasteiger charge is 2.09. The molecule has 0 fully saturated rings. The summed E-state index contributed by atoms with van der Waals surface area (Å²) in [5.41, 5.74) is 0.926. The molecule has 0 unspecified atom stereocenters. The van der Waals surface area contributed by atoms with Crippen LogP contribution in [0.3, 0.4) is 0 Å². The molecule has 0 aliphatic carbocycles. The van der Waals surface area contributed by atoms with Crippen LogP contribution in [0.5, 0.6) is 0 Å². The highest BCUT2D eigenvalue weighted by atomic mass is 127. The number of hydrogen-bond donors (Lipinski definition) is 1.